The summed E-state index contributed by atoms with van der Waals surface area (Å²) >= 11 is 1.12. The Morgan fingerprint density at radius 2 is 1.78 bits per heavy atom. The third kappa shape index (κ3) is 3.89. The molecule has 0 bridgehead atoms. The van der Waals surface area contributed by atoms with Crippen molar-refractivity contribution in [2.24, 2.45) is 4.99 Å². The molecule has 2 aromatic carbocycles. The van der Waals surface area contributed by atoms with Crippen molar-refractivity contribution in [3.05, 3.63) is 90.6 Å². The summed E-state index contributed by atoms with van der Waals surface area (Å²) in [5.41, 5.74) is 2.54. The second kappa shape index (κ2) is 9.29. The number of hydrogen-bond donors (Lipinski definition) is 0. The highest BCUT2D eigenvalue weighted by molar-refractivity contribution is 7.07. The molecule has 1 amide bonds. The molecule has 5 rings (SSSR count). The highest BCUT2D eigenvalue weighted by atomic mass is 32.1. The summed E-state index contributed by atoms with van der Waals surface area (Å²) in [6.07, 6.45) is 0. The van der Waals surface area contributed by atoms with Crippen molar-refractivity contribution >= 4 is 40.4 Å². The van der Waals surface area contributed by atoms with Crippen LogP contribution in [0.1, 0.15) is 37.9 Å². The first-order chi connectivity index (χ1) is 17.8. The summed E-state index contributed by atoms with van der Waals surface area (Å²) in [4.78, 5) is 58.2. The number of likely N-dealkylation sites (N-methyl/N-ethyl adjacent to an activating group) is 1. The van der Waals surface area contributed by atoms with Crippen molar-refractivity contribution in [1.82, 2.24) is 4.57 Å². The molecule has 188 valence electrons. The van der Waals surface area contributed by atoms with Crippen LogP contribution in [0.3, 0.4) is 0 Å². The van der Waals surface area contributed by atoms with Gasteiger partial charge in [0.05, 0.1) is 35.7 Å². The predicted octanol–water partition coefficient (Wildman–Crippen LogP) is 2.07. The number of para-hydroxylation sites is 1. The minimum Gasteiger partial charge on any atom is -0.466 e. The monoisotopic (exact) mass is 517 g/mol. The molecule has 0 unspecified atom stereocenters. The number of fused-ring (bicyclic) bond motifs is 2. The van der Waals surface area contributed by atoms with Crippen molar-refractivity contribution in [3.8, 4) is 5.75 Å². The lowest BCUT2D eigenvalue weighted by Gasteiger charge is -2.24. The van der Waals surface area contributed by atoms with Gasteiger partial charge in [0.25, 0.3) is 11.5 Å². The maximum atomic E-state index is 14.0. The van der Waals surface area contributed by atoms with Crippen LogP contribution in [0, 0.1) is 0 Å². The molecule has 0 aliphatic carbocycles. The Labute approximate surface area is 215 Å². The lowest BCUT2D eigenvalue weighted by Crippen LogP contribution is -2.40. The molecule has 1 atom stereocenters. The SMILES string of the molecule is CCN1C(=O)/C(=c2\sc3n(c2=O)[C@H](c2ccc(OC(C)=O)cc2)C(C(=O)OC)=C(C)N=3)c2ccccc21. The summed E-state index contributed by atoms with van der Waals surface area (Å²) < 4.78 is 11.9. The first-order valence-electron chi connectivity index (χ1n) is 11.6. The molecule has 0 spiro atoms. The molecule has 3 heterocycles. The van der Waals surface area contributed by atoms with E-state index in [9.17, 15) is 19.2 Å². The number of methoxy groups -OCH3 is 1. The zero-order valence-corrected chi connectivity index (χ0v) is 21.4. The van der Waals surface area contributed by atoms with Crippen LogP contribution in [0.4, 0.5) is 5.69 Å². The van der Waals surface area contributed by atoms with Crippen LogP contribution in [0.15, 0.2) is 69.6 Å². The van der Waals surface area contributed by atoms with Crippen molar-refractivity contribution in [2.75, 3.05) is 18.6 Å². The summed E-state index contributed by atoms with van der Waals surface area (Å²) in [6.45, 7) is 5.32. The molecule has 3 aromatic rings. The lowest BCUT2D eigenvalue weighted by molar-refractivity contribution is -0.136. The summed E-state index contributed by atoms with van der Waals surface area (Å²) in [7, 11) is 1.27. The normalized spacial score (nSPS) is 17.8. The molecule has 1 aromatic heterocycles. The maximum absolute atomic E-state index is 14.0. The zero-order chi connectivity index (χ0) is 26.4. The third-order valence-electron chi connectivity index (χ3n) is 6.33. The fraction of sp³-hybridized carbons (Fsp3) is 0.222. The number of allylic oxidation sites excluding steroid dienone is 1. The highest BCUT2D eigenvalue weighted by Gasteiger charge is 2.36. The smallest absolute Gasteiger partial charge is 0.338 e. The fourth-order valence-electron chi connectivity index (χ4n) is 4.76. The minimum absolute atomic E-state index is 0.208. The highest BCUT2D eigenvalue weighted by Crippen LogP contribution is 2.35. The largest absolute Gasteiger partial charge is 0.466 e. The molecule has 9 nitrogen and oxygen atoms in total. The number of ether oxygens (including phenoxy) is 2. The van der Waals surface area contributed by atoms with Crippen molar-refractivity contribution in [3.63, 3.8) is 0 Å². The molecule has 0 N–H and O–H groups in total. The van der Waals surface area contributed by atoms with Gasteiger partial charge in [0.2, 0.25) is 0 Å². The number of benzene rings is 2. The number of carbonyl (C=O) groups excluding carboxylic acids is 3. The topological polar surface area (TPSA) is 107 Å². The Hall–Kier alpha value is -4.31. The number of aromatic nitrogens is 1. The molecule has 0 radical (unpaired) electrons. The second-order valence-corrected chi connectivity index (χ2v) is 9.48. The number of esters is 2. The van der Waals surface area contributed by atoms with Crippen LogP contribution in [0.2, 0.25) is 0 Å². The number of anilines is 1. The molecule has 0 fully saturated rings. The standard InChI is InChI=1S/C27H23N3O6S/c1-5-29-19-9-7-6-8-18(19)21(24(29)32)23-25(33)30-22(16-10-12-17(13-11-16)36-15(3)31)20(26(34)35-4)14(2)28-27(30)37-23/h6-13,22H,5H2,1-4H3/b23-21-/t22-/m1/s1. The Bertz CT molecular complexity index is 1680. The number of nitrogens with zero attached hydrogens (tertiary/aromatic N) is 3. The van der Waals surface area contributed by atoms with E-state index in [-0.39, 0.29) is 16.0 Å². The molecular formula is C27H23N3O6S. The second-order valence-electron chi connectivity index (χ2n) is 8.50. The first-order valence-corrected chi connectivity index (χ1v) is 12.4. The molecular weight excluding hydrogens is 494 g/mol. The first kappa shape index (κ1) is 24.4. The molecule has 10 heteroatoms. The van der Waals surface area contributed by atoms with Gasteiger partial charge in [0.1, 0.15) is 10.3 Å². The van der Waals surface area contributed by atoms with E-state index in [4.69, 9.17) is 9.47 Å². The summed E-state index contributed by atoms with van der Waals surface area (Å²) in [6, 6.07) is 13.1. The van der Waals surface area contributed by atoms with E-state index in [1.54, 1.807) is 36.1 Å². The van der Waals surface area contributed by atoms with Crippen molar-refractivity contribution in [1.29, 1.82) is 0 Å². The van der Waals surface area contributed by atoms with Gasteiger partial charge in [0, 0.05) is 19.0 Å². The van der Waals surface area contributed by atoms with E-state index in [2.05, 4.69) is 4.99 Å². The van der Waals surface area contributed by atoms with Gasteiger partial charge in [-0.05, 0) is 37.6 Å². The average Bonchev–Trinajstić information content (AvgIpc) is 3.34. The molecule has 2 aliphatic heterocycles. The van der Waals surface area contributed by atoms with Crippen LogP contribution in [-0.2, 0) is 19.1 Å². The lowest BCUT2D eigenvalue weighted by atomic mass is 9.96. The van der Waals surface area contributed by atoms with Gasteiger partial charge in [-0.3, -0.25) is 19.0 Å². The van der Waals surface area contributed by atoms with Crippen molar-refractivity contribution < 1.29 is 23.9 Å². The molecule has 37 heavy (non-hydrogen) atoms. The Morgan fingerprint density at radius 1 is 1.08 bits per heavy atom. The van der Waals surface area contributed by atoms with Crippen LogP contribution < -0.4 is 24.5 Å². The fourth-order valence-corrected chi connectivity index (χ4v) is 5.89. The quantitative estimate of drug-likeness (QED) is 0.387. The zero-order valence-electron chi connectivity index (χ0n) is 20.6. The van der Waals surface area contributed by atoms with Crippen molar-refractivity contribution in [2.45, 2.75) is 26.8 Å². The Morgan fingerprint density at radius 3 is 2.43 bits per heavy atom. The maximum Gasteiger partial charge on any atom is 0.338 e. The van der Waals surface area contributed by atoms with Crippen LogP contribution in [-0.4, -0.2) is 36.1 Å². The van der Waals surface area contributed by atoms with Gasteiger partial charge in [-0.15, -0.1) is 0 Å². The Kier molecular flexibility index (Phi) is 6.12. The minimum atomic E-state index is -0.849. The van der Waals surface area contributed by atoms with Crippen LogP contribution in [0.25, 0.3) is 5.57 Å². The van der Waals surface area contributed by atoms with Gasteiger partial charge in [-0.25, -0.2) is 9.79 Å². The molecule has 0 saturated carbocycles. The number of hydrogen-bond acceptors (Lipinski definition) is 8. The molecule has 0 saturated heterocycles. The number of carbonyl (C=O) groups is 3. The van der Waals surface area contributed by atoms with Gasteiger partial charge in [0.15, 0.2) is 4.80 Å². The van der Waals surface area contributed by atoms with E-state index in [0.717, 1.165) is 17.0 Å². The summed E-state index contributed by atoms with van der Waals surface area (Å²) in [5, 5.41) is 0. The van der Waals surface area contributed by atoms with E-state index in [0.29, 0.717) is 39.5 Å². The van der Waals surface area contributed by atoms with E-state index >= 15 is 0 Å². The predicted molar refractivity (Wildman–Crippen MR) is 137 cm³/mol. The number of rotatable bonds is 4. The number of thiazole rings is 1. The van der Waals surface area contributed by atoms with Crippen LogP contribution in [0.5, 0.6) is 5.75 Å². The van der Waals surface area contributed by atoms with E-state index in [1.165, 1.54) is 18.6 Å². The summed E-state index contributed by atoms with van der Waals surface area (Å²) in [5.74, 6) is -0.997. The average molecular weight is 518 g/mol. The van der Waals surface area contributed by atoms with Crippen LogP contribution >= 0.6 is 11.3 Å². The Balaban J connectivity index is 1.78. The number of amides is 1. The van der Waals surface area contributed by atoms with E-state index in [1.807, 2.05) is 31.2 Å². The van der Waals surface area contributed by atoms with Gasteiger partial charge in [-0.1, -0.05) is 41.7 Å². The van der Waals surface area contributed by atoms with Gasteiger partial charge in [-0.2, -0.15) is 0 Å². The van der Waals surface area contributed by atoms with E-state index < -0.39 is 23.5 Å². The third-order valence-corrected chi connectivity index (χ3v) is 7.38. The van der Waals surface area contributed by atoms with Gasteiger partial charge >= 0.3 is 11.9 Å². The van der Waals surface area contributed by atoms with Gasteiger partial charge < -0.3 is 14.4 Å². The molecule has 2 aliphatic rings.